The van der Waals surface area contributed by atoms with Crippen molar-refractivity contribution in [3.05, 3.63) is 44.9 Å². The summed E-state index contributed by atoms with van der Waals surface area (Å²) < 4.78 is 6.39. The van der Waals surface area contributed by atoms with Crippen LogP contribution in [0.5, 0.6) is 0 Å². The van der Waals surface area contributed by atoms with Crippen LogP contribution in [0.15, 0.2) is 34.3 Å². The van der Waals surface area contributed by atoms with E-state index in [9.17, 15) is 4.79 Å². The molecule has 0 radical (unpaired) electrons. The average molecular weight is 430 g/mol. The number of hydrogen-bond donors (Lipinski definition) is 1. The Bertz CT molecular complexity index is 655. The smallest absolute Gasteiger partial charge is 0.410 e. The second-order valence-electron chi connectivity index (χ2n) is 7.31. The van der Waals surface area contributed by atoms with Gasteiger partial charge in [0.25, 0.3) is 0 Å². The second-order valence-corrected chi connectivity index (χ2v) is 8.63. The van der Waals surface area contributed by atoms with Crippen LogP contribution in [0, 0.1) is 0 Å². The molecule has 1 aromatic carbocycles. The highest BCUT2D eigenvalue weighted by Gasteiger charge is 2.23. The Morgan fingerprint density at radius 2 is 2.16 bits per heavy atom. The van der Waals surface area contributed by atoms with Gasteiger partial charge in [0, 0.05) is 35.2 Å². The van der Waals surface area contributed by atoms with E-state index >= 15 is 0 Å². The van der Waals surface area contributed by atoms with Crippen LogP contribution in [-0.4, -0.2) is 36.2 Å². The van der Waals surface area contributed by atoms with Gasteiger partial charge in [-0.25, -0.2) is 4.79 Å². The summed E-state index contributed by atoms with van der Waals surface area (Å²) in [5.74, 6) is 0. The Kier molecular flexibility index (Phi) is 6.94. The fraction of sp³-hybridized carbons (Fsp3) is 0.526. The lowest BCUT2D eigenvalue weighted by Gasteiger charge is -2.30. The van der Waals surface area contributed by atoms with Gasteiger partial charge in [0.05, 0.1) is 0 Å². The summed E-state index contributed by atoms with van der Waals surface area (Å²) >= 11 is 9.74. The first-order valence-electron chi connectivity index (χ1n) is 8.50. The molecule has 0 aromatic heterocycles. The minimum Gasteiger partial charge on any atom is -0.444 e. The molecule has 1 atom stereocenters. The van der Waals surface area contributed by atoms with Gasteiger partial charge in [-0.2, -0.15) is 0 Å². The first-order chi connectivity index (χ1) is 11.7. The third kappa shape index (κ3) is 6.32. The number of benzene rings is 1. The minimum absolute atomic E-state index is 0.158. The average Bonchev–Trinajstić information content (AvgIpc) is 2.51. The van der Waals surface area contributed by atoms with Gasteiger partial charge in [-0.1, -0.05) is 45.2 Å². The number of carbonyl (C=O) groups excluding carboxylic acids is 1. The summed E-state index contributed by atoms with van der Waals surface area (Å²) in [4.78, 5) is 13.8. The van der Waals surface area contributed by atoms with Crippen LogP contribution < -0.4 is 5.32 Å². The molecule has 25 heavy (non-hydrogen) atoms. The van der Waals surface area contributed by atoms with Gasteiger partial charge < -0.3 is 15.0 Å². The van der Waals surface area contributed by atoms with E-state index in [2.05, 4.69) is 34.2 Å². The van der Waals surface area contributed by atoms with Crippen LogP contribution in [0.4, 0.5) is 4.79 Å². The molecule has 4 nitrogen and oxygen atoms in total. The number of hydrogen-bond acceptors (Lipinski definition) is 3. The quantitative estimate of drug-likeness (QED) is 0.659. The molecule has 0 saturated heterocycles. The summed E-state index contributed by atoms with van der Waals surface area (Å²) in [6, 6.07) is 6.10. The first-order valence-corrected chi connectivity index (χ1v) is 9.67. The standard InChI is InChI=1S/C19H26BrClN2O2/c1-13(16-6-5-15(20)11-17(16)21)22-12-14-7-9-23(10-8-14)18(24)25-19(2,3)4/h5-7,11,13,22H,8-10,12H2,1-4H3. The third-order valence-corrected chi connectivity index (χ3v) is 4.84. The zero-order valence-corrected chi connectivity index (χ0v) is 17.6. The van der Waals surface area contributed by atoms with E-state index in [1.165, 1.54) is 5.57 Å². The van der Waals surface area contributed by atoms with Gasteiger partial charge in [0.1, 0.15) is 5.60 Å². The molecule has 138 valence electrons. The number of nitrogens with zero attached hydrogens (tertiary/aromatic N) is 1. The van der Waals surface area contributed by atoms with Crippen molar-refractivity contribution in [2.24, 2.45) is 0 Å². The van der Waals surface area contributed by atoms with E-state index in [4.69, 9.17) is 16.3 Å². The van der Waals surface area contributed by atoms with Gasteiger partial charge >= 0.3 is 6.09 Å². The van der Waals surface area contributed by atoms with Crippen molar-refractivity contribution in [1.29, 1.82) is 0 Å². The first kappa shape index (κ1) is 20.3. The Morgan fingerprint density at radius 1 is 1.44 bits per heavy atom. The summed E-state index contributed by atoms with van der Waals surface area (Å²) in [5, 5.41) is 4.26. The SMILES string of the molecule is CC(NCC1=CCN(C(=O)OC(C)(C)C)CC1)c1ccc(Br)cc1Cl. The van der Waals surface area contributed by atoms with E-state index < -0.39 is 5.60 Å². The van der Waals surface area contributed by atoms with E-state index in [1.807, 2.05) is 39.0 Å². The van der Waals surface area contributed by atoms with Crippen molar-refractivity contribution in [3.63, 3.8) is 0 Å². The van der Waals surface area contributed by atoms with Crippen LogP contribution in [0.1, 0.15) is 45.7 Å². The van der Waals surface area contributed by atoms with Crippen LogP contribution in [0.2, 0.25) is 5.02 Å². The van der Waals surface area contributed by atoms with Crippen molar-refractivity contribution in [2.45, 2.75) is 45.8 Å². The Hall–Kier alpha value is -1.04. The van der Waals surface area contributed by atoms with Crippen LogP contribution >= 0.6 is 27.5 Å². The molecule has 2 rings (SSSR count). The lowest BCUT2D eigenvalue weighted by molar-refractivity contribution is 0.0265. The number of ether oxygens (including phenoxy) is 1. The van der Waals surface area contributed by atoms with Crippen molar-refractivity contribution in [3.8, 4) is 0 Å². The van der Waals surface area contributed by atoms with Crippen molar-refractivity contribution < 1.29 is 9.53 Å². The lowest BCUT2D eigenvalue weighted by Crippen LogP contribution is -2.40. The van der Waals surface area contributed by atoms with Crippen molar-refractivity contribution >= 4 is 33.6 Å². The number of amides is 1. The molecular formula is C19H26BrClN2O2. The minimum atomic E-state index is -0.456. The number of halogens is 2. The fourth-order valence-electron chi connectivity index (χ4n) is 2.61. The molecule has 0 saturated carbocycles. The van der Waals surface area contributed by atoms with E-state index in [-0.39, 0.29) is 12.1 Å². The van der Waals surface area contributed by atoms with E-state index in [0.29, 0.717) is 13.1 Å². The molecule has 0 fully saturated rings. The number of carbonyl (C=O) groups is 1. The predicted molar refractivity (Wildman–Crippen MR) is 106 cm³/mol. The third-order valence-electron chi connectivity index (χ3n) is 4.02. The molecule has 1 amide bonds. The normalized spacial score (nSPS) is 16.4. The van der Waals surface area contributed by atoms with Gasteiger partial charge in [-0.3, -0.25) is 0 Å². The summed E-state index contributed by atoms with van der Waals surface area (Å²) in [6.07, 6.45) is 2.72. The Morgan fingerprint density at radius 3 is 2.72 bits per heavy atom. The molecule has 1 aliphatic heterocycles. The molecular weight excluding hydrogens is 404 g/mol. The molecule has 1 unspecified atom stereocenters. The molecule has 0 aliphatic carbocycles. The highest BCUT2D eigenvalue weighted by Crippen LogP contribution is 2.26. The maximum Gasteiger partial charge on any atom is 0.410 e. The van der Waals surface area contributed by atoms with Gasteiger partial charge in [0.15, 0.2) is 0 Å². The zero-order chi connectivity index (χ0) is 18.6. The largest absolute Gasteiger partial charge is 0.444 e. The van der Waals surface area contributed by atoms with Crippen molar-refractivity contribution in [2.75, 3.05) is 19.6 Å². The monoisotopic (exact) mass is 428 g/mol. The summed E-state index contributed by atoms with van der Waals surface area (Å²) in [5.41, 5.74) is 1.93. The topological polar surface area (TPSA) is 41.6 Å². The molecule has 1 heterocycles. The second kappa shape index (κ2) is 8.56. The highest BCUT2D eigenvalue weighted by atomic mass is 79.9. The van der Waals surface area contributed by atoms with Crippen molar-refractivity contribution in [1.82, 2.24) is 10.2 Å². The van der Waals surface area contributed by atoms with Crippen LogP contribution in [0.25, 0.3) is 0 Å². The number of nitrogens with one attached hydrogen (secondary N) is 1. The van der Waals surface area contributed by atoms with Gasteiger partial charge in [-0.15, -0.1) is 0 Å². The van der Waals surface area contributed by atoms with Gasteiger partial charge in [0.2, 0.25) is 0 Å². The highest BCUT2D eigenvalue weighted by molar-refractivity contribution is 9.10. The predicted octanol–water partition coefficient (Wildman–Crippen LogP) is 5.32. The molecule has 6 heteroatoms. The van der Waals surface area contributed by atoms with E-state index in [0.717, 1.165) is 28.0 Å². The molecule has 0 spiro atoms. The summed E-state index contributed by atoms with van der Waals surface area (Å²) in [6.45, 7) is 9.83. The van der Waals surface area contributed by atoms with Gasteiger partial charge in [-0.05, 0) is 51.8 Å². The van der Waals surface area contributed by atoms with Crippen LogP contribution in [0.3, 0.4) is 0 Å². The molecule has 0 bridgehead atoms. The summed E-state index contributed by atoms with van der Waals surface area (Å²) in [7, 11) is 0. The zero-order valence-electron chi connectivity index (χ0n) is 15.2. The fourth-order valence-corrected chi connectivity index (χ4v) is 3.45. The molecule has 1 N–H and O–H groups in total. The Balaban J connectivity index is 1.85. The molecule has 1 aliphatic rings. The lowest BCUT2D eigenvalue weighted by atomic mass is 10.1. The van der Waals surface area contributed by atoms with E-state index in [1.54, 1.807) is 4.90 Å². The maximum atomic E-state index is 12.1. The maximum absolute atomic E-state index is 12.1. The van der Waals surface area contributed by atoms with Crippen LogP contribution in [-0.2, 0) is 4.74 Å². The number of rotatable bonds is 4. The molecule has 1 aromatic rings. The Labute approximate surface area is 163 Å².